The Morgan fingerprint density at radius 3 is 2.67 bits per heavy atom. The number of nitrogens with one attached hydrogen (secondary N) is 1. The van der Waals surface area contributed by atoms with Crippen molar-refractivity contribution in [1.29, 1.82) is 0 Å². The van der Waals surface area contributed by atoms with Crippen molar-refractivity contribution in [3.8, 4) is 0 Å². The summed E-state index contributed by atoms with van der Waals surface area (Å²) in [4.78, 5) is 11.7. The van der Waals surface area contributed by atoms with Gasteiger partial charge in [0.25, 0.3) is 0 Å². The van der Waals surface area contributed by atoms with E-state index in [1.807, 2.05) is 6.92 Å². The third-order valence-corrected chi connectivity index (χ3v) is 6.48. The summed E-state index contributed by atoms with van der Waals surface area (Å²) in [6.07, 6.45) is 10.2. The summed E-state index contributed by atoms with van der Waals surface area (Å²) in [6, 6.07) is 0.452. The van der Waals surface area contributed by atoms with Crippen LogP contribution in [0.4, 0.5) is 0 Å². The van der Waals surface area contributed by atoms with Crippen molar-refractivity contribution < 1.29 is 9.90 Å². The second-order valence-corrected chi connectivity index (χ2v) is 8.44. The van der Waals surface area contributed by atoms with Gasteiger partial charge in [0.05, 0.1) is 0 Å². The molecule has 2 N–H and O–H groups in total. The van der Waals surface area contributed by atoms with Crippen LogP contribution >= 0.6 is 11.8 Å². The van der Waals surface area contributed by atoms with E-state index in [2.05, 4.69) is 24.0 Å². The zero-order chi connectivity index (χ0) is 15.3. The molecule has 0 aromatic rings. The molecule has 0 bridgehead atoms. The van der Waals surface area contributed by atoms with Gasteiger partial charge in [0.1, 0.15) is 5.54 Å². The van der Waals surface area contributed by atoms with Crippen molar-refractivity contribution in [3.05, 3.63) is 0 Å². The third kappa shape index (κ3) is 5.17. The highest BCUT2D eigenvalue weighted by Gasteiger charge is 2.40. The monoisotopic (exact) mass is 313 g/mol. The second-order valence-electron chi connectivity index (χ2n) is 7.03. The van der Waals surface area contributed by atoms with Crippen LogP contribution < -0.4 is 5.32 Å². The molecule has 0 aliphatic heterocycles. The van der Waals surface area contributed by atoms with Crippen LogP contribution in [-0.2, 0) is 4.79 Å². The minimum atomic E-state index is -0.679. The predicted molar refractivity (Wildman–Crippen MR) is 89.9 cm³/mol. The van der Waals surface area contributed by atoms with E-state index in [1.54, 1.807) is 0 Å². The first-order valence-electron chi connectivity index (χ1n) is 8.68. The van der Waals surface area contributed by atoms with E-state index in [4.69, 9.17) is 0 Å². The van der Waals surface area contributed by atoms with Crippen molar-refractivity contribution in [2.45, 2.75) is 88.5 Å². The Morgan fingerprint density at radius 2 is 2.10 bits per heavy atom. The molecule has 2 aliphatic rings. The van der Waals surface area contributed by atoms with Gasteiger partial charge < -0.3 is 5.11 Å². The van der Waals surface area contributed by atoms with E-state index in [-0.39, 0.29) is 0 Å². The summed E-state index contributed by atoms with van der Waals surface area (Å²) in [6.45, 7) is 4.36. The predicted octanol–water partition coefficient (Wildman–Crippen LogP) is 4.06. The van der Waals surface area contributed by atoms with Crippen LogP contribution in [0.15, 0.2) is 0 Å². The molecule has 0 amide bonds. The third-order valence-electron chi connectivity index (χ3n) is 5.06. The highest BCUT2D eigenvalue weighted by Crippen LogP contribution is 2.33. The molecule has 21 heavy (non-hydrogen) atoms. The Morgan fingerprint density at radius 1 is 1.33 bits per heavy atom. The Labute approximate surface area is 133 Å². The topological polar surface area (TPSA) is 49.3 Å². The summed E-state index contributed by atoms with van der Waals surface area (Å²) < 4.78 is 0. The number of thioether (sulfide) groups is 1. The number of hydrogen-bond acceptors (Lipinski definition) is 3. The molecule has 3 nitrogen and oxygen atoms in total. The summed E-state index contributed by atoms with van der Waals surface area (Å²) >= 11 is 2.08. The average molecular weight is 314 g/mol. The maximum atomic E-state index is 11.7. The smallest absolute Gasteiger partial charge is 0.323 e. The van der Waals surface area contributed by atoms with Gasteiger partial charge in [-0.2, -0.15) is 11.8 Å². The van der Waals surface area contributed by atoms with Gasteiger partial charge in [0.2, 0.25) is 0 Å². The first kappa shape index (κ1) is 17.1. The molecule has 2 saturated carbocycles. The molecule has 3 atom stereocenters. The standard InChI is InChI=1S/C17H31NO2S/c1-3-17(16(19)20,18-14-8-9-14)10-5-11-21-15-7-4-6-13(2)12-15/h13-15,18H,3-12H2,1-2H3,(H,19,20). The molecule has 2 fully saturated rings. The van der Waals surface area contributed by atoms with Crippen LogP contribution in [0.1, 0.15) is 71.6 Å². The Bertz CT molecular complexity index is 346. The van der Waals surface area contributed by atoms with Crippen LogP contribution in [0.2, 0.25) is 0 Å². The minimum absolute atomic E-state index is 0.452. The van der Waals surface area contributed by atoms with Gasteiger partial charge in [-0.3, -0.25) is 10.1 Å². The Kier molecular flexibility index (Phi) is 6.42. The maximum absolute atomic E-state index is 11.7. The van der Waals surface area contributed by atoms with E-state index in [1.165, 1.54) is 25.7 Å². The van der Waals surface area contributed by atoms with Gasteiger partial charge >= 0.3 is 5.97 Å². The van der Waals surface area contributed by atoms with Gasteiger partial charge in [-0.25, -0.2) is 0 Å². The number of carboxylic acids is 1. The molecule has 122 valence electrons. The van der Waals surface area contributed by atoms with Gasteiger partial charge in [-0.1, -0.05) is 26.7 Å². The van der Waals surface area contributed by atoms with E-state index >= 15 is 0 Å². The Hall–Kier alpha value is -0.220. The molecule has 0 heterocycles. The quantitative estimate of drug-likeness (QED) is 0.630. The number of carboxylic acid groups (broad SMARTS) is 1. The molecule has 0 aromatic heterocycles. The van der Waals surface area contributed by atoms with Crippen LogP contribution in [0.5, 0.6) is 0 Å². The zero-order valence-corrected chi connectivity index (χ0v) is 14.4. The summed E-state index contributed by atoms with van der Waals surface area (Å²) in [5, 5.41) is 13.8. The second kappa shape index (κ2) is 7.87. The molecule has 4 heteroatoms. The maximum Gasteiger partial charge on any atom is 0.323 e. The first-order valence-corrected chi connectivity index (χ1v) is 9.73. The number of carbonyl (C=O) groups is 1. The minimum Gasteiger partial charge on any atom is -0.480 e. The highest BCUT2D eigenvalue weighted by atomic mass is 32.2. The van der Waals surface area contributed by atoms with E-state index in [0.29, 0.717) is 12.5 Å². The van der Waals surface area contributed by atoms with Gasteiger partial charge in [0, 0.05) is 11.3 Å². The zero-order valence-electron chi connectivity index (χ0n) is 13.6. The summed E-state index contributed by atoms with van der Waals surface area (Å²) in [5.74, 6) is 1.33. The number of hydrogen-bond donors (Lipinski definition) is 2. The number of rotatable bonds is 9. The lowest BCUT2D eigenvalue weighted by Crippen LogP contribution is -2.52. The molecule has 2 aliphatic carbocycles. The molecule has 0 saturated heterocycles. The van der Waals surface area contributed by atoms with Crippen molar-refractivity contribution in [3.63, 3.8) is 0 Å². The van der Waals surface area contributed by atoms with E-state index in [9.17, 15) is 9.90 Å². The highest BCUT2D eigenvalue weighted by molar-refractivity contribution is 7.99. The van der Waals surface area contributed by atoms with Gasteiger partial charge in [-0.05, 0) is 56.6 Å². The molecular weight excluding hydrogens is 282 g/mol. The van der Waals surface area contributed by atoms with Crippen molar-refractivity contribution in [1.82, 2.24) is 5.32 Å². The fourth-order valence-corrected chi connectivity index (χ4v) is 4.89. The summed E-state index contributed by atoms with van der Waals surface area (Å²) in [7, 11) is 0. The molecule has 0 radical (unpaired) electrons. The SMILES string of the molecule is CCC(CCCSC1CCCC(C)C1)(NC1CC1)C(=O)O. The largest absolute Gasteiger partial charge is 0.480 e. The molecule has 0 spiro atoms. The van der Waals surface area contributed by atoms with Crippen LogP contribution in [0.3, 0.4) is 0 Å². The van der Waals surface area contributed by atoms with Crippen LogP contribution in [0, 0.1) is 5.92 Å². The van der Waals surface area contributed by atoms with Crippen molar-refractivity contribution in [2.24, 2.45) is 5.92 Å². The number of aliphatic carboxylic acids is 1. The molecule has 0 aromatic carbocycles. The Balaban J connectivity index is 1.72. The molecular formula is C17H31NO2S. The van der Waals surface area contributed by atoms with Crippen LogP contribution in [0.25, 0.3) is 0 Å². The molecule has 3 unspecified atom stereocenters. The lowest BCUT2D eigenvalue weighted by Gasteiger charge is -2.30. The van der Waals surface area contributed by atoms with Gasteiger partial charge in [-0.15, -0.1) is 0 Å². The average Bonchev–Trinajstić information content (AvgIpc) is 3.26. The van der Waals surface area contributed by atoms with E-state index in [0.717, 1.165) is 42.6 Å². The normalized spacial score (nSPS) is 29.0. The van der Waals surface area contributed by atoms with Crippen molar-refractivity contribution >= 4 is 17.7 Å². The first-order chi connectivity index (χ1) is 10.1. The lowest BCUT2D eigenvalue weighted by atomic mass is 9.90. The van der Waals surface area contributed by atoms with Gasteiger partial charge in [0.15, 0.2) is 0 Å². The molecule has 2 rings (SSSR count). The van der Waals surface area contributed by atoms with E-state index < -0.39 is 11.5 Å². The fourth-order valence-electron chi connectivity index (χ4n) is 3.44. The fraction of sp³-hybridized carbons (Fsp3) is 0.941. The van der Waals surface area contributed by atoms with Crippen LogP contribution in [-0.4, -0.2) is 33.7 Å². The van der Waals surface area contributed by atoms with Crippen molar-refractivity contribution in [2.75, 3.05) is 5.75 Å². The lowest BCUT2D eigenvalue weighted by molar-refractivity contribution is -0.145. The summed E-state index contributed by atoms with van der Waals surface area (Å²) in [5.41, 5.74) is -0.679.